The van der Waals surface area contributed by atoms with E-state index < -0.39 is 10.0 Å². The number of rotatable bonds is 8. The van der Waals surface area contributed by atoms with E-state index in [4.69, 9.17) is 10.5 Å². The zero-order valence-corrected chi connectivity index (χ0v) is 13.1. The van der Waals surface area contributed by atoms with Crippen LogP contribution in [0.5, 0.6) is 0 Å². The second kappa shape index (κ2) is 8.60. The van der Waals surface area contributed by atoms with Crippen LogP contribution in [-0.2, 0) is 21.4 Å². The van der Waals surface area contributed by atoms with Crippen LogP contribution in [0.2, 0.25) is 0 Å². The standard InChI is InChI=1S/C13H22N4O3S/c1-20-10-11-6-3-4-7-12(11)17-13(14)15-8-5-9-16-21(2,18)19/h3-4,6-7,16H,5,8-10H2,1-2H3,(H3,14,15,17). The number of aliphatic imine (C=N–C) groups is 1. The Morgan fingerprint density at radius 2 is 2.10 bits per heavy atom. The first-order valence-electron chi connectivity index (χ1n) is 6.51. The van der Waals surface area contributed by atoms with E-state index >= 15 is 0 Å². The molecule has 1 aromatic rings. The number of hydrogen-bond donors (Lipinski definition) is 3. The van der Waals surface area contributed by atoms with Crippen LogP contribution in [0.25, 0.3) is 0 Å². The number of nitrogens with zero attached hydrogens (tertiary/aromatic N) is 1. The van der Waals surface area contributed by atoms with E-state index in [1.54, 1.807) is 7.11 Å². The van der Waals surface area contributed by atoms with E-state index in [2.05, 4.69) is 15.0 Å². The average molecular weight is 314 g/mol. The fraction of sp³-hybridized carbons (Fsp3) is 0.462. The topological polar surface area (TPSA) is 106 Å². The minimum Gasteiger partial charge on any atom is -0.380 e. The van der Waals surface area contributed by atoms with Gasteiger partial charge in [0, 0.05) is 31.5 Å². The Bertz CT molecular complexity index is 573. The van der Waals surface area contributed by atoms with Crippen molar-refractivity contribution in [1.29, 1.82) is 0 Å². The molecule has 0 unspecified atom stereocenters. The summed E-state index contributed by atoms with van der Waals surface area (Å²) in [5, 5.41) is 3.01. The Hall–Kier alpha value is -1.64. The Kier molecular flexibility index (Phi) is 7.13. The molecular formula is C13H22N4O3S. The number of nitrogens with one attached hydrogen (secondary N) is 2. The second-order valence-corrected chi connectivity index (χ2v) is 6.34. The number of hydrogen-bond acceptors (Lipinski definition) is 4. The highest BCUT2D eigenvalue weighted by Crippen LogP contribution is 2.15. The molecule has 1 rings (SSSR count). The van der Waals surface area contributed by atoms with E-state index in [9.17, 15) is 8.42 Å². The molecule has 0 aliphatic carbocycles. The first-order valence-corrected chi connectivity index (χ1v) is 8.40. The highest BCUT2D eigenvalue weighted by Gasteiger charge is 2.02. The summed E-state index contributed by atoms with van der Waals surface area (Å²) in [6, 6.07) is 7.64. The van der Waals surface area contributed by atoms with Crippen LogP contribution < -0.4 is 15.8 Å². The number of guanidine groups is 1. The quantitative estimate of drug-likeness (QED) is 0.368. The molecule has 118 valence electrons. The Balaban J connectivity index is 2.45. The third kappa shape index (κ3) is 7.64. The summed E-state index contributed by atoms with van der Waals surface area (Å²) in [4.78, 5) is 4.15. The molecule has 8 heteroatoms. The van der Waals surface area contributed by atoms with Gasteiger partial charge in [-0.15, -0.1) is 0 Å². The summed E-state index contributed by atoms with van der Waals surface area (Å²) in [6.45, 7) is 1.26. The highest BCUT2D eigenvalue weighted by molar-refractivity contribution is 7.88. The second-order valence-electron chi connectivity index (χ2n) is 4.50. The number of anilines is 1. The number of nitrogens with two attached hydrogens (primary N) is 1. The van der Waals surface area contributed by atoms with E-state index in [1.807, 2.05) is 24.3 Å². The lowest BCUT2D eigenvalue weighted by atomic mass is 10.2. The van der Waals surface area contributed by atoms with E-state index in [1.165, 1.54) is 0 Å². The summed E-state index contributed by atoms with van der Waals surface area (Å²) < 4.78 is 29.3. The molecule has 0 fully saturated rings. The van der Waals surface area contributed by atoms with Crippen LogP contribution in [0.1, 0.15) is 12.0 Å². The summed E-state index contributed by atoms with van der Waals surface area (Å²) in [5.41, 5.74) is 7.62. The monoisotopic (exact) mass is 314 g/mol. The van der Waals surface area contributed by atoms with E-state index in [0.717, 1.165) is 17.5 Å². The molecule has 0 atom stereocenters. The molecular weight excluding hydrogens is 292 g/mol. The Morgan fingerprint density at radius 3 is 2.76 bits per heavy atom. The molecule has 0 aliphatic heterocycles. The first kappa shape index (κ1) is 17.4. The van der Waals surface area contributed by atoms with E-state index in [-0.39, 0.29) is 5.96 Å². The van der Waals surface area contributed by atoms with Crippen molar-refractivity contribution >= 4 is 21.7 Å². The maximum absolute atomic E-state index is 10.9. The van der Waals surface area contributed by atoms with Gasteiger partial charge in [0.05, 0.1) is 12.9 Å². The fourth-order valence-electron chi connectivity index (χ4n) is 1.64. The number of benzene rings is 1. The van der Waals surface area contributed by atoms with Gasteiger partial charge in [-0.3, -0.25) is 4.99 Å². The van der Waals surface area contributed by atoms with Gasteiger partial charge in [-0.05, 0) is 12.5 Å². The van der Waals surface area contributed by atoms with Crippen molar-refractivity contribution in [3.05, 3.63) is 29.8 Å². The lowest BCUT2D eigenvalue weighted by Crippen LogP contribution is -2.25. The minimum absolute atomic E-state index is 0.290. The van der Waals surface area contributed by atoms with Crippen molar-refractivity contribution < 1.29 is 13.2 Å². The number of para-hydroxylation sites is 1. The molecule has 0 saturated carbocycles. The van der Waals surface area contributed by atoms with Gasteiger partial charge in [-0.1, -0.05) is 18.2 Å². The normalized spacial score (nSPS) is 12.4. The molecule has 0 amide bonds. The van der Waals surface area contributed by atoms with Gasteiger partial charge in [0.15, 0.2) is 5.96 Å². The van der Waals surface area contributed by atoms with Gasteiger partial charge in [0.1, 0.15) is 0 Å². The average Bonchev–Trinajstić information content (AvgIpc) is 2.39. The van der Waals surface area contributed by atoms with Crippen molar-refractivity contribution in [2.45, 2.75) is 13.0 Å². The molecule has 21 heavy (non-hydrogen) atoms. The smallest absolute Gasteiger partial charge is 0.208 e. The van der Waals surface area contributed by atoms with Crippen LogP contribution in [0.15, 0.2) is 29.3 Å². The maximum Gasteiger partial charge on any atom is 0.208 e. The van der Waals surface area contributed by atoms with Gasteiger partial charge < -0.3 is 15.8 Å². The Morgan fingerprint density at radius 1 is 1.38 bits per heavy atom. The van der Waals surface area contributed by atoms with Crippen LogP contribution >= 0.6 is 0 Å². The third-order valence-electron chi connectivity index (χ3n) is 2.56. The molecule has 1 aromatic carbocycles. The summed E-state index contributed by atoms with van der Waals surface area (Å²) in [6.07, 6.45) is 1.70. The van der Waals surface area contributed by atoms with Gasteiger partial charge in [-0.25, -0.2) is 13.1 Å². The highest BCUT2D eigenvalue weighted by atomic mass is 32.2. The largest absolute Gasteiger partial charge is 0.380 e. The molecule has 0 spiro atoms. The van der Waals surface area contributed by atoms with E-state index in [0.29, 0.717) is 26.1 Å². The predicted molar refractivity (Wildman–Crippen MR) is 84.7 cm³/mol. The van der Waals surface area contributed by atoms with Crippen LogP contribution in [-0.4, -0.2) is 40.8 Å². The van der Waals surface area contributed by atoms with Gasteiger partial charge in [-0.2, -0.15) is 0 Å². The predicted octanol–water partition coefficient (Wildman–Crippen LogP) is 0.499. The molecule has 0 heterocycles. The summed E-state index contributed by atoms with van der Waals surface area (Å²) >= 11 is 0. The van der Waals surface area contributed by atoms with Gasteiger partial charge in [0.25, 0.3) is 0 Å². The van der Waals surface area contributed by atoms with Crippen molar-refractivity contribution in [2.24, 2.45) is 10.7 Å². The van der Waals surface area contributed by atoms with Crippen LogP contribution in [0, 0.1) is 0 Å². The van der Waals surface area contributed by atoms with Gasteiger partial charge >= 0.3 is 0 Å². The summed E-state index contributed by atoms with van der Waals surface area (Å²) in [7, 11) is -1.52. The molecule has 0 saturated heterocycles. The molecule has 0 aliphatic rings. The summed E-state index contributed by atoms with van der Waals surface area (Å²) in [5.74, 6) is 0.290. The molecule has 0 bridgehead atoms. The molecule has 4 N–H and O–H groups in total. The maximum atomic E-state index is 10.9. The fourth-order valence-corrected chi connectivity index (χ4v) is 2.15. The first-order chi connectivity index (χ1) is 9.92. The molecule has 7 nitrogen and oxygen atoms in total. The van der Waals surface area contributed by atoms with Gasteiger partial charge in [0.2, 0.25) is 10.0 Å². The zero-order valence-electron chi connectivity index (χ0n) is 12.3. The van der Waals surface area contributed by atoms with Crippen molar-refractivity contribution in [2.75, 3.05) is 31.8 Å². The SMILES string of the molecule is COCc1ccccc1NC(N)=NCCCNS(C)(=O)=O. The van der Waals surface area contributed by atoms with Crippen molar-refractivity contribution in [1.82, 2.24) is 4.72 Å². The lowest BCUT2D eigenvalue weighted by Gasteiger charge is -2.10. The molecule has 0 radical (unpaired) electrons. The minimum atomic E-state index is -3.14. The van der Waals surface area contributed by atoms with Crippen LogP contribution in [0.4, 0.5) is 5.69 Å². The number of sulfonamides is 1. The van der Waals surface area contributed by atoms with Crippen molar-refractivity contribution in [3.63, 3.8) is 0 Å². The Labute approximate surface area is 125 Å². The zero-order chi connectivity index (χ0) is 15.7. The molecule has 0 aromatic heterocycles. The number of ether oxygens (including phenoxy) is 1. The van der Waals surface area contributed by atoms with Crippen molar-refractivity contribution in [3.8, 4) is 0 Å². The van der Waals surface area contributed by atoms with Crippen LogP contribution in [0.3, 0.4) is 0 Å². The third-order valence-corrected chi connectivity index (χ3v) is 3.29. The number of methoxy groups -OCH3 is 1. The lowest BCUT2D eigenvalue weighted by molar-refractivity contribution is 0.185.